The molecule has 0 atom stereocenters. The molecule has 0 saturated carbocycles. The molecule has 0 spiro atoms. The summed E-state index contributed by atoms with van der Waals surface area (Å²) in [4.78, 5) is 6.27. The molecule has 72 valence electrons. The molecule has 2 heterocycles. The van der Waals surface area contributed by atoms with Crippen LogP contribution in [0.2, 0.25) is 0 Å². The molecule has 1 aromatic rings. The van der Waals surface area contributed by atoms with Gasteiger partial charge in [0.15, 0.2) is 0 Å². The molecule has 0 N–H and O–H groups in total. The fourth-order valence-electron chi connectivity index (χ4n) is 2.12. The summed E-state index contributed by atoms with van der Waals surface area (Å²) in [5.74, 6) is 0. The lowest BCUT2D eigenvalue weighted by Crippen LogP contribution is -2.24. The summed E-state index contributed by atoms with van der Waals surface area (Å²) in [7, 11) is 2.06. The minimum absolute atomic E-state index is 0.124. The highest BCUT2D eigenvalue weighted by molar-refractivity contribution is 5.61. The predicted molar refractivity (Wildman–Crippen MR) is 55.2 cm³/mol. The maximum absolute atomic E-state index is 8.78. The molecule has 0 radical (unpaired) electrons. The van der Waals surface area contributed by atoms with Gasteiger partial charge in [-0.15, -0.1) is 0 Å². The van der Waals surface area contributed by atoms with Crippen LogP contribution in [0.15, 0.2) is 12.3 Å². The van der Waals surface area contributed by atoms with E-state index in [1.807, 2.05) is 6.07 Å². The van der Waals surface area contributed by atoms with Gasteiger partial charge in [-0.25, -0.2) is 4.98 Å². The van der Waals surface area contributed by atoms with E-state index in [9.17, 15) is 0 Å². The molecular weight excluding hydrogens is 174 g/mol. The van der Waals surface area contributed by atoms with Crippen LogP contribution in [0.1, 0.15) is 25.1 Å². The number of hydrogen-bond acceptors (Lipinski definition) is 3. The van der Waals surface area contributed by atoms with Crippen molar-refractivity contribution in [3.8, 4) is 6.07 Å². The van der Waals surface area contributed by atoms with Crippen LogP contribution >= 0.6 is 0 Å². The molecule has 1 aliphatic rings. The van der Waals surface area contributed by atoms with Gasteiger partial charge in [0.05, 0.1) is 11.9 Å². The normalized spacial score (nSPS) is 17.7. The van der Waals surface area contributed by atoms with Crippen LogP contribution in [-0.4, -0.2) is 18.6 Å². The molecule has 3 heteroatoms. The smallest absolute Gasteiger partial charge is 0.140 e. The molecule has 0 saturated heterocycles. The third kappa shape index (κ3) is 1.15. The Morgan fingerprint density at radius 3 is 2.93 bits per heavy atom. The zero-order valence-corrected chi connectivity index (χ0v) is 8.70. The third-order valence-electron chi connectivity index (χ3n) is 2.77. The van der Waals surface area contributed by atoms with Crippen LogP contribution in [0.3, 0.4) is 0 Å². The van der Waals surface area contributed by atoms with Crippen LogP contribution in [0.5, 0.6) is 0 Å². The Balaban J connectivity index is 2.60. The highest BCUT2D eigenvalue weighted by Gasteiger charge is 2.33. The summed E-state index contributed by atoms with van der Waals surface area (Å²) in [6.45, 7) is 5.37. The van der Waals surface area contributed by atoms with Crippen molar-refractivity contribution in [2.45, 2.75) is 19.3 Å². The first-order valence-corrected chi connectivity index (χ1v) is 4.66. The maximum Gasteiger partial charge on any atom is 0.140 e. The Morgan fingerprint density at radius 2 is 2.29 bits per heavy atom. The van der Waals surface area contributed by atoms with Crippen LogP contribution < -0.4 is 4.90 Å². The molecule has 0 fully saturated rings. The van der Waals surface area contributed by atoms with Gasteiger partial charge in [0.2, 0.25) is 0 Å². The van der Waals surface area contributed by atoms with Crippen LogP contribution in [-0.2, 0) is 5.41 Å². The number of rotatable bonds is 0. The summed E-state index contributed by atoms with van der Waals surface area (Å²) in [5, 5.41) is 8.78. The molecular formula is C11H13N3. The Morgan fingerprint density at radius 1 is 1.57 bits per heavy atom. The number of anilines is 1. The van der Waals surface area contributed by atoms with E-state index in [-0.39, 0.29) is 5.41 Å². The van der Waals surface area contributed by atoms with Crippen molar-refractivity contribution < 1.29 is 0 Å². The number of fused-ring (bicyclic) bond motifs is 1. The van der Waals surface area contributed by atoms with E-state index in [0.29, 0.717) is 5.69 Å². The zero-order valence-electron chi connectivity index (χ0n) is 8.70. The first-order valence-electron chi connectivity index (χ1n) is 4.66. The van der Waals surface area contributed by atoms with E-state index < -0.39 is 0 Å². The average molecular weight is 187 g/mol. The second-order valence-corrected chi connectivity index (χ2v) is 4.44. The highest BCUT2D eigenvalue weighted by Crippen LogP contribution is 2.38. The first kappa shape index (κ1) is 9.01. The Hall–Kier alpha value is -1.56. The summed E-state index contributed by atoms with van der Waals surface area (Å²) >= 11 is 0. The lowest BCUT2D eigenvalue weighted by molar-refractivity contribution is 0.563. The summed E-state index contributed by atoms with van der Waals surface area (Å²) in [6, 6.07) is 3.98. The molecule has 1 aromatic heterocycles. The highest BCUT2D eigenvalue weighted by atomic mass is 15.1. The second kappa shape index (κ2) is 2.71. The number of nitrogens with zero attached hydrogens (tertiary/aromatic N) is 3. The second-order valence-electron chi connectivity index (χ2n) is 4.44. The van der Waals surface area contributed by atoms with E-state index in [4.69, 9.17) is 5.26 Å². The van der Waals surface area contributed by atoms with Crippen molar-refractivity contribution in [2.75, 3.05) is 18.5 Å². The summed E-state index contributed by atoms with van der Waals surface area (Å²) in [6.07, 6.45) is 1.79. The van der Waals surface area contributed by atoms with Gasteiger partial charge >= 0.3 is 0 Å². The SMILES string of the molecule is CN1CC(C)(C)c2cc(C#N)ncc21. The standard InChI is InChI=1S/C11H13N3/c1-11(2)7-14(3)10-6-13-8(5-12)4-9(10)11/h4,6H,7H2,1-3H3. The molecule has 1 aliphatic heterocycles. The summed E-state index contributed by atoms with van der Waals surface area (Å²) in [5.41, 5.74) is 3.01. The molecule has 0 aliphatic carbocycles. The van der Waals surface area contributed by atoms with Gasteiger partial charge in [-0.3, -0.25) is 0 Å². The molecule has 0 unspecified atom stereocenters. The fraction of sp³-hybridized carbons (Fsp3) is 0.455. The Bertz CT molecular complexity index is 415. The van der Waals surface area contributed by atoms with Crippen molar-refractivity contribution in [2.24, 2.45) is 0 Å². The number of nitriles is 1. The number of likely N-dealkylation sites (N-methyl/N-ethyl adjacent to an activating group) is 1. The maximum atomic E-state index is 8.78. The van der Waals surface area contributed by atoms with Crippen LogP contribution in [0.25, 0.3) is 0 Å². The van der Waals surface area contributed by atoms with Crippen LogP contribution in [0, 0.1) is 11.3 Å². The van der Waals surface area contributed by atoms with E-state index in [1.54, 1.807) is 6.20 Å². The number of aromatic nitrogens is 1. The van der Waals surface area contributed by atoms with Crippen molar-refractivity contribution in [3.05, 3.63) is 23.5 Å². The lowest BCUT2D eigenvalue weighted by Gasteiger charge is -2.18. The van der Waals surface area contributed by atoms with E-state index in [1.165, 1.54) is 5.56 Å². The van der Waals surface area contributed by atoms with Gasteiger partial charge in [0, 0.05) is 19.0 Å². The van der Waals surface area contributed by atoms with Crippen molar-refractivity contribution in [1.82, 2.24) is 4.98 Å². The quantitative estimate of drug-likeness (QED) is 0.620. The predicted octanol–water partition coefficient (Wildman–Crippen LogP) is 1.68. The Labute approximate surface area is 84.0 Å². The molecule has 0 bridgehead atoms. The van der Waals surface area contributed by atoms with Crippen molar-refractivity contribution in [1.29, 1.82) is 5.26 Å². The first-order chi connectivity index (χ1) is 6.54. The van der Waals surface area contributed by atoms with E-state index >= 15 is 0 Å². The van der Waals surface area contributed by atoms with Gasteiger partial charge in [0.25, 0.3) is 0 Å². The van der Waals surface area contributed by atoms with Gasteiger partial charge < -0.3 is 4.90 Å². The fourth-order valence-corrected chi connectivity index (χ4v) is 2.12. The van der Waals surface area contributed by atoms with E-state index in [2.05, 4.69) is 36.8 Å². The Kier molecular flexibility index (Phi) is 1.75. The minimum atomic E-state index is 0.124. The molecule has 14 heavy (non-hydrogen) atoms. The monoisotopic (exact) mass is 187 g/mol. The molecule has 0 amide bonds. The lowest BCUT2D eigenvalue weighted by atomic mass is 9.87. The average Bonchev–Trinajstić information content (AvgIpc) is 2.37. The minimum Gasteiger partial charge on any atom is -0.372 e. The zero-order chi connectivity index (χ0) is 10.3. The third-order valence-corrected chi connectivity index (χ3v) is 2.77. The molecule has 3 nitrogen and oxygen atoms in total. The number of hydrogen-bond donors (Lipinski definition) is 0. The number of pyridine rings is 1. The van der Waals surface area contributed by atoms with Gasteiger partial charge in [-0.05, 0) is 11.6 Å². The van der Waals surface area contributed by atoms with E-state index in [0.717, 1.165) is 12.2 Å². The molecule has 2 rings (SSSR count). The van der Waals surface area contributed by atoms with Gasteiger partial charge in [-0.2, -0.15) is 5.26 Å². The molecule has 0 aromatic carbocycles. The van der Waals surface area contributed by atoms with Crippen molar-refractivity contribution >= 4 is 5.69 Å². The van der Waals surface area contributed by atoms with Gasteiger partial charge in [-0.1, -0.05) is 13.8 Å². The van der Waals surface area contributed by atoms with Gasteiger partial charge in [0.1, 0.15) is 11.8 Å². The largest absolute Gasteiger partial charge is 0.372 e. The topological polar surface area (TPSA) is 39.9 Å². The summed E-state index contributed by atoms with van der Waals surface area (Å²) < 4.78 is 0. The van der Waals surface area contributed by atoms with Crippen LogP contribution in [0.4, 0.5) is 5.69 Å². The van der Waals surface area contributed by atoms with Crippen molar-refractivity contribution in [3.63, 3.8) is 0 Å².